The van der Waals surface area contributed by atoms with Crippen LogP contribution in [0.15, 0.2) is 12.1 Å². The summed E-state index contributed by atoms with van der Waals surface area (Å²) in [6, 6.07) is 2.22. The van der Waals surface area contributed by atoms with Crippen molar-refractivity contribution in [1.82, 2.24) is 0 Å². The maximum absolute atomic E-state index is 5.84. The van der Waals surface area contributed by atoms with Gasteiger partial charge in [-0.25, -0.2) is 0 Å². The molecule has 0 N–H and O–H groups in total. The Hall–Kier alpha value is -1.24. The molecule has 0 fully saturated rings. The molecule has 1 aromatic rings. The highest BCUT2D eigenvalue weighted by molar-refractivity contribution is 5.66. The molecule has 1 atom stereocenters. The zero-order valence-electron chi connectivity index (χ0n) is 9.22. The van der Waals surface area contributed by atoms with Gasteiger partial charge in [0.15, 0.2) is 0 Å². The second kappa shape index (κ2) is 3.16. The van der Waals surface area contributed by atoms with Gasteiger partial charge in [-0.05, 0) is 50.5 Å². The number of fused-ring (bicyclic) bond motifs is 1. The third-order valence-corrected chi connectivity index (χ3v) is 2.87. The van der Waals surface area contributed by atoms with Crippen LogP contribution in [0.3, 0.4) is 0 Å². The van der Waals surface area contributed by atoms with E-state index in [0.717, 1.165) is 5.75 Å². The van der Waals surface area contributed by atoms with Crippen molar-refractivity contribution in [2.45, 2.75) is 33.8 Å². The highest BCUT2D eigenvalue weighted by atomic mass is 16.5. The third-order valence-electron chi connectivity index (χ3n) is 2.87. The molecule has 1 nitrogen and oxygen atoms in total. The van der Waals surface area contributed by atoms with Crippen LogP contribution in [0.2, 0.25) is 0 Å². The zero-order chi connectivity index (χ0) is 10.3. The van der Waals surface area contributed by atoms with Gasteiger partial charge in [0.25, 0.3) is 0 Å². The first kappa shape index (κ1) is 9.32. The van der Waals surface area contributed by atoms with E-state index in [-0.39, 0.29) is 6.10 Å². The lowest BCUT2D eigenvalue weighted by atomic mass is 9.97. The van der Waals surface area contributed by atoms with Gasteiger partial charge in [-0.2, -0.15) is 0 Å². The van der Waals surface area contributed by atoms with Gasteiger partial charge in [0, 0.05) is 5.56 Å². The van der Waals surface area contributed by atoms with E-state index < -0.39 is 0 Å². The van der Waals surface area contributed by atoms with E-state index in [9.17, 15) is 0 Å². The van der Waals surface area contributed by atoms with E-state index in [1.165, 1.54) is 22.3 Å². The molecule has 0 aromatic heterocycles. The molecule has 74 valence electrons. The lowest BCUT2D eigenvalue weighted by Crippen LogP contribution is -2.14. The van der Waals surface area contributed by atoms with E-state index >= 15 is 0 Å². The van der Waals surface area contributed by atoms with Gasteiger partial charge in [0.1, 0.15) is 11.9 Å². The molecule has 0 spiro atoms. The number of ether oxygens (including phenoxy) is 1. The van der Waals surface area contributed by atoms with Crippen molar-refractivity contribution in [2.75, 3.05) is 0 Å². The molecule has 0 saturated carbocycles. The largest absolute Gasteiger partial charge is 0.486 e. The molecule has 14 heavy (non-hydrogen) atoms. The number of aryl methyl sites for hydroxylation is 2. The first-order valence-electron chi connectivity index (χ1n) is 5.05. The van der Waals surface area contributed by atoms with Crippen LogP contribution in [-0.2, 0) is 0 Å². The van der Waals surface area contributed by atoms with Gasteiger partial charge >= 0.3 is 0 Å². The van der Waals surface area contributed by atoms with Crippen molar-refractivity contribution >= 4 is 6.08 Å². The predicted molar refractivity (Wildman–Crippen MR) is 59.8 cm³/mol. The zero-order valence-corrected chi connectivity index (χ0v) is 9.22. The van der Waals surface area contributed by atoms with Gasteiger partial charge in [-0.15, -0.1) is 0 Å². The van der Waals surface area contributed by atoms with Gasteiger partial charge < -0.3 is 4.74 Å². The predicted octanol–water partition coefficient (Wildman–Crippen LogP) is 3.41. The Morgan fingerprint density at radius 1 is 1.14 bits per heavy atom. The van der Waals surface area contributed by atoms with Crippen molar-refractivity contribution < 1.29 is 4.74 Å². The maximum Gasteiger partial charge on any atom is 0.130 e. The topological polar surface area (TPSA) is 9.23 Å². The molecule has 1 heterocycles. The summed E-state index contributed by atoms with van der Waals surface area (Å²) in [7, 11) is 0. The van der Waals surface area contributed by atoms with Gasteiger partial charge in [-0.3, -0.25) is 0 Å². The molecule has 0 bridgehead atoms. The Kier molecular flexibility index (Phi) is 2.10. The van der Waals surface area contributed by atoms with Crippen LogP contribution in [0, 0.1) is 20.8 Å². The van der Waals surface area contributed by atoms with Crippen LogP contribution in [0.4, 0.5) is 0 Å². The molecule has 1 unspecified atom stereocenters. The van der Waals surface area contributed by atoms with E-state index in [1.54, 1.807) is 0 Å². The highest BCUT2D eigenvalue weighted by Gasteiger charge is 2.16. The molecule has 0 amide bonds. The molecule has 1 heteroatoms. The number of rotatable bonds is 0. The second-order valence-corrected chi connectivity index (χ2v) is 4.06. The first-order valence-corrected chi connectivity index (χ1v) is 5.05. The average Bonchev–Trinajstić information content (AvgIpc) is 2.14. The number of benzene rings is 1. The second-order valence-electron chi connectivity index (χ2n) is 4.06. The fourth-order valence-corrected chi connectivity index (χ4v) is 1.89. The summed E-state index contributed by atoms with van der Waals surface area (Å²) >= 11 is 0. The summed E-state index contributed by atoms with van der Waals surface area (Å²) in [4.78, 5) is 0. The van der Waals surface area contributed by atoms with Crippen LogP contribution in [-0.4, -0.2) is 6.10 Å². The Morgan fingerprint density at radius 2 is 1.86 bits per heavy atom. The smallest absolute Gasteiger partial charge is 0.130 e. The summed E-state index contributed by atoms with van der Waals surface area (Å²) in [5, 5.41) is 0. The minimum absolute atomic E-state index is 0.197. The fourth-order valence-electron chi connectivity index (χ4n) is 1.89. The van der Waals surface area contributed by atoms with Crippen LogP contribution < -0.4 is 4.74 Å². The number of hydrogen-bond donors (Lipinski definition) is 0. The van der Waals surface area contributed by atoms with Crippen molar-refractivity contribution in [3.05, 3.63) is 34.4 Å². The van der Waals surface area contributed by atoms with Gasteiger partial charge in [0.2, 0.25) is 0 Å². The lowest BCUT2D eigenvalue weighted by Gasteiger charge is -2.22. The standard InChI is InChI=1S/C13H16O/c1-8-7-9(2)12-6-5-10(3)14-13(12)11(8)4/h5-7,10H,1-4H3. The summed E-state index contributed by atoms with van der Waals surface area (Å²) in [5.41, 5.74) is 5.11. The van der Waals surface area contributed by atoms with E-state index in [2.05, 4.69) is 45.9 Å². The first-order chi connectivity index (χ1) is 6.59. The molecule has 0 saturated heterocycles. The summed E-state index contributed by atoms with van der Waals surface area (Å²) in [6.07, 6.45) is 4.47. The monoisotopic (exact) mass is 188 g/mol. The maximum atomic E-state index is 5.84. The Balaban J connectivity index is 2.66. The van der Waals surface area contributed by atoms with E-state index in [4.69, 9.17) is 4.74 Å². The molecule has 1 aromatic carbocycles. The lowest BCUT2D eigenvalue weighted by molar-refractivity contribution is 0.264. The molecular formula is C13H16O. The Morgan fingerprint density at radius 3 is 2.57 bits per heavy atom. The van der Waals surface area contributed by atoms with Crippen LogP contribution >= 0.6 is 0 Å². The van der Waals surface area contributed by atoms with Gasteiger partial charge in [-0.1, -0.05) is 12.1 Å². The quantitative estimate of drug-likeness (QED) is 0.606. The molecular weight excluding hydrogens is 172 g/mol. The minimum atomic E-state index is 0.197. The number of hydrogen-bond acceptors (Lipinski definition) is 1. The Labute approximate surface area is 85.4 Å². The average molecular weight is 188 g/mol. The normalized spacial score (nSPS) is 19.0. The molecule has 0 aliphatic carbocycles. The van der Waals surface area contributed by atoms with Crippen LogP contribution in [0.25, 0.3) is 6.08 Å². The SMILES string of the molecule is Cc1cc(C)c2c(c1C)OC(C)C=C2. The van der Waals surface area contributed by atoms with E-state index in [0.29, 0.717) is 0 Å². The summed E-state index contributed by atoms with van der Waals surface area (Å²) in [6.45, 7) is 8.46. The van der Waals surface area contributed by atoms with E-state index in [1.807, 2.05) is 0 Å². The fraction of sp³-hybridized carbons (Fsp3) is 0.385. The third kappa shape index (κ3) is 1.33. The Bertz CT molecular complexity index is 402. The minimum Gasteiger partial charge on any atom is -0.486 e. The highest BCUT2D eigenvalue weighted by Crippen LogP contribution is 2.34. The molecule has 1 aliphatic heterocycles. The van der Waals surface area contributed by atoms with Crippen molar-refractivity contribution in [2.24, 2.45) is 0 Å². The van der Waals surface area contributed by atoms with Crippen LogP contribution in [0.1, 0.15) is 29.2 Å². The van der Waals surface area contributed by atoms with Gasteiger partial charge in [0.05, 0.1) is 0 Å². The summed E-state index contributed by atoms with van der Waals surface area (Å²) in [5.74, 6) is 1.07. The summed E-state index contributed by atoms with van der Waals surface area (Å²) < 4.78 is 5.84. The van der Waals surface area contributed by atoms with Crippen molar-refractivity contribution in [3.8, 4) is 5.75 Å². The van der Waals surface area contributed by atoms with Crippen molar-refractivity contribution in [1.29, 1.82) is 0 Å². The van der Waals surface area contributed by atoms with Crippen molar-refractivity contribution in [3.63, 3.8) is 0 Å². The molecule has 0 radical (unpaired) electrons. The molecule has 1 aliphatic rings. The van der Waals surface area contributed by atoms with Crippen LogP contribution in [0.5, 0.6) is 5.75 Å². The molecule has 2 rings (SSSR count).